The van der Waals surface area contributed by atoms with Crippen molar-refractivity contribution < 1.29 is 14.6 Å². The van der Waals surface area contributed by atoms with Gasteiger partial charge in [0.25, 0.3) is 0 Å². The van der Waals surface area contributed by atoms with Crippen molar-refractivity contribution in [3.05, 3.63) is 23.3 Å². The van der Waals surface area contributed by atoms with E-state index in [0.29, 0.717) is 36.0 Å². The summed E-state index contributed by atoms with van der Waals surface area (Å²) in [5, 5.41) is 10.3. The molecule has 5 rings (SSSR count). The summed E-state index contributed by atoms with van der Waals surface area (Å²) in [7, 11) is 0. The van der Waals surface area contributed by atoms with Crippen LogP contribution in [0.15, 0.2) is 23.3 Å². The highest BCUT2D eigenvalue weighted by Gasteiger charge is 2.77. The number of carbonyl (C=O) groups is 1. The predicted molar refractivity (Wildman–Crippen MR) is 123 cm³/mol. The highest BCUT2D eigenvalue weighted by Crippen LogP contribution is 2.71. The van der Waals surface area contributed by atoms with E-state index in [-0.39, 0.29) is 34.4 Å². The van der Waals surface area contributed by atoms with Crippen molar-refractivity contribution in [3.8, 4) is 0 Å². The third-order valence-electron chi connectivity index (χ3n) is 10.7. The van der Waals surface area contributed by atoms with Gasteiger partial charge in [0.2, 0.25) is 0 Å². The number of aliphatic hydroxyl groups excluding tert-OH is 1. The van der Waals surface area contributed by atoms with Crippen LogP contribution < -0.4 is 0 Å². The van der Waals surface area contributed by atoms with E-state index in [9.17, 15) is 9.90 Å². The fourth-order valence-corrected chi connectivity index (χ4v) is 8.22. The summed E-state index contributed by atoms with van der Waals surface area (Å²) in [6, 6.07) is 0. The van der Waals surface area contributed by atoms with Crippen LogP contribution in [0.4, 0.5) is 0 Å². The molecule has 172 valence electrons. The van der Waals surface area contributed by atoms with Gasteiger partial charge in [-0.2, -0.15) is 0 Å². The Labute approximate surface area is 188 Å². The second-order valence-corrected chi connectivity index (χ2v) is 12.5. The number of epoxide rings is 1. The molecule has 0 aromatic rings. The van der Waals surface area contributed by atoms with E-state index in [1.165, 1.54) is 24.0 Å². The van der Waals surface area contributed by atoms with Crippen LogP contribution in [-0.4, -0.2) is 28.7 Å². The summed E-state index contributed by atoms with van der Waals surface area (Å²) in [4.78, 5) is 13.7. The Bertz CT molecular complexity index is 839. The SMILES string of the molecule is CC(C)C(C)C=CC(C)C1CCC2=C3C(=O)C4OC45CC(O)CCC5(C)C3CCC21C. The average molecular weight is 427 g/mol. The molecule has 1 N–H and O–H groups in total. The van der Waals surface area contributed by atoms with Crippen LogP contribution >= 0.6 is 0 Å². The number of aliphatic hydroxyl groups is 1. The molecule has 1 spiro atoms. The number of allylic oxidation sites excluding steroid dienone is 3. The van der Waals surface area contributed by atoms with Crippen LogP contribution in [0.25, 0.3) is 0 Å². The highest BCUT2D eigenvalue weighted by molar-refractivity contribution is 6.04. The average Bonchev–Trinajstić information content (AvgIpc) is 3.34. The second kappa shape index (κ2) is 7.03. The van der Waals surface area contributed by atoms with Gasteiger partial charge in [0, 0.05) is 17.4 Å². The minimum atomic E-state index is -0.384. The van der Waals surface area contributed by atoms with Gasteiger partial charge in [0.15, 0.2) is 11.9 Å². The standard InChI is InChI=1S/C28H42O3/c1-16(2)17(3)7-8-18(4)20-9-10-21-23-22(12-13-26(20,21)5)27(6)14-11-19(29)15-28(27)25(31-28)24(23)30/h7-8,16-20,22,25,29H,9-15H2,1-6H3. The van der Waals surface area contributed by atoms with Gasteiger partial charge in [-0.25, -0.2) is 0 Å². The van der Waals surface area contributed by atoms with Gasteiger partial charge < -0.3 is 9.84 Å². The fourth-order valence-electron chi connectivity index (χ4n) is 8.22. The van der Waals surface area contributed by atoms with Crippen molar-refractivity contribution in [2.45, 2.75) is 104 Å². The predicted octanol–water partition coefficient (Wildman–Crippen LogP) is 5.87. The van der Waals surface area contributed by atoms with E-state index in [1.54, 1.807) is 0 Å². The van der Waals surface area contributed by atoms with Crippen molar-refractivity contribution in [2.24, 2.45) is 40.4 Å². The molecule has 5 aliphatic rings. The van der Waals surface area contributed by atoms with Crippen molar-refractivity contribution in [2.75, 3.05) is 0 Å². The molecule has 0 amide bonds. The van der Waals surface area contributed by atoms with Gasteiger partial charge in [0.05, 0.1) is 6.10 Å². The minimum Gasteiger partial charge on any atom is -0.393 e. The first kappa shape index (κ1) is 21.9. The first-order valence-corrected chi connectivity index (χ1v) is 12.9. The molecule has 9 unspecified atom stereocenters. The molecule has 1 saturated heterocycles. The van der Waals surface area contributed by atoms with E-state index in [4.69, 9.17) is 4.74 Å². The Morgan fingerprint density at radius 1 is 1.06 bits per heavy atom. The van der Waals surface area contributed by atoms with Crippen LogP contribution in [0.1, 0.15) is 86.5 Å². The van der Waals surface area contributed by atoms with Gasteiger partial charge in [-0.1, -0.05) is 59.3 Å². The van der Waals surface area contributed by atoms with Crippen LogP contribution in [-0.2, 0) is 9.53 Å². The number of hydrogen-bond acceptors (Lipinski definition) is 3. The molecular formula is C28H42O3. The van der Waals surface area contributed by atoms with Gasteiger partial charge in [-0.15, -0.1) is 0 Å². The summed E-state index contributed by atoms with van der Waals surface area (Å²) in [6.07, 6.45) is 11.3. The van der Waals surface area contributed by atoms with E-state index >= 15 is 0 Å². The molecule has 0 radical (unpaired) electrons. The summed E-state index contributed by atoms with van der Waals surface area (Å²) in [5.41, 5.74) is 2.41. The Kier molecular flexibility index (Phi) is 4.97. The number of carbonyl (C=O) groups excluding carboxylic acids is 1. The molecule has 4 fully saturated rings. The summed E-state index contributed by atoms with van der Waals surface area (Å²) in [5.74, 6) is 3.02. The minimum absolute atomic E-state index is 0.00473. The largest absolute Gasteiger partial charge is 0.393 e. The monoisotopic (exact) mass is 426 g/mol. The Morgan fingerprint density at radius 3 is 2.52 bits per heavy atom. The van der Waals surface area contributed by atoms with Gasteiger partial charge in [0.1, 0.15) is 5.60 Å². The van der Waals surface area contributed by atoms with Crippen molar-refractivity contribution in [3.63, 3.8) is 0 Å². The molecule has 3 heteroatoms. The second-order valence-electron chi connectivity index (χ2n) is 12.5. The third-order valence-corrected chi connectivity index (χ3v) is 10.7. The molecule has 3 saturated carbocycles. The molecule has 1 heterocycles. The summed E-state index contributed by atoms with van der Waals surface area (Å²) in [6.45, 7) is 14.1. The van der Waals surface area contributed by atoms with E-state index in [0.717, 1.165) is 25.7 Å². The number of Topliss-reactive ketones (excluding diaryl/α,β-unsaturated/α-hetero) is 1. The number of rotatable bonds is 4. The molecular weight excluding hydrogens is 384 g/mol. The zero-order valence-electron chi connectivity index (χ0n) is 20.4. The highest BCUT2D eigenvalue weighted by atomic mass is 16.6. The van der Waals surface area contributed by atoms with Crippen LogP contribution in [0.3, 0.4) is 0 Å². The summed E-state index contributed by atoms with van der Waals surface area (Å²) < 4.78 is 6.24. The molecule has 4 aliphatic carbocycles. The van der Waals surface area contributed by atoms with Crippen molar-refractivity contribution in [1.82, 2.24) is 0 Å². The lowest BCUT2D eigenvalue weighted by Crippen LogP contribution is -2.56. The fraction of sp³-hybridized carbons (Fsp3) is 0.821. The topological polar surface area (TPSA) is 49.8 Å². The maximum Gasteiger partial charge on any atom is 0.190 e. The molecule has 0 aromatic heterocycles. The maximum atomic E-state index is 13.7. The van der Waals surface area contributed by atoms with Crippen molar-refractivity contribution >= 4 is 5.78 Å². The van der Waals surface area contributed by atoms with Gasteiger partial charge >= 0.3 is 0 Å². The lowest BCUT2D eigenvalue weighted by Gasteiger charge is -2.54. The first-order chi connectivity index (χ1) is 14.5. The Morgan fingerprint density at radius 2 is 1.81 bits per heavy atom. The maximum absolute atomic E-state index is 13.7. The lowest BCUT2D eigenvalue weighted by molar-refractivity contribution is -0.121. The molecule has 31 heavy (non-hydrogen) atoms. The van der Waals surface area contributed by atoms with Crippen LogP contribution in [0.2, 0.25) is 0 Å². The molecule has 0 bridgehead atoms. The number of hydrogen-bond donors (Lipinski definition) is 1. The van der Waals surface area contributed by atoms with E-state index in [2.05, 4.69) is 53.7 Å². The number of ketones is 1. The molecule has 3 nitrogen and oxygen atoms in total. The molecule has 0 aromatic carbocycles. The normalized spacial score (nSPS) is 48.3. The number of fused-ring (bicyclic) bond motifs is 3. The molecule has 9 atom stereocenters. The lowest BCUT2D eigenvalue weighted by atomic mass is 9.48. The molecule has 1 aliphatic heterocycles. The third kappa shape index (κ3) is 2.88. The zero-order valence-corrected chi connectivity index (χ0v) is 20.4. The van der Waals surface area contributed by atoms with E-state index < -0.39 is 0 Å². The quantitative estimate of drug-likeness (QED) is 0.452. The van der Waals surface area contributed by atoms with Crippen LogP contribution in [0, 0.1) is 40.4 Å². The Balaban J connectivity index is 1.48. The van der Waals surface area contributed by atoms with Crippen LogP contribution in [0.5, 0.6) is 0 Å². The number of ether oxygens (including phenoxy) is 1. The smallest absolute Gasteiger partial charge is 0.190 e. The van der Waals surface area contributed by atoms with E-state index in [1.807, 2.05) is 0 Å². The zero-order chi connectivity index (χ0) is 22.3. The van der Waals surface area contributed by atoms with Gasteiger partial charge in [-0.3, -0.25) is 4.79 Å². The van der Waals surface area contributed by atoms with Crippen molar-refractivity contribution in [1.29, 1.82) is 0 Å². The Hall–Kier alpha value is -0.930. The summed E-state index contributed by atoms with van der Waals surface area (Å²) >= 11 is 0. The van der Waals surface area contributed by atoms with Gasteiger partial charge in [-0.05, 0) is 73.5 Å². The first-order valence-electron chi connectivity index (χ1n) is 12.9.